The second-order valence-corrected chi connectivity index (χ2v) is 11.9. The van der Waals surface area contributed by atoms with Gasteiger partial charge in [-0.25, -0.2) is 9.97 Å². The molecule has 2 aromatic heterocycles. The van der Waals surface area contributed by atoms with E-state index in [1.165, 1.54) is 44.1 Å². The van der Waals surface area contributed by atoms with Crippen LogP contribution in [0.5, 0.6) is 0 Å². The fraction of sp³-hybridized carbons (Fsp3) is 0.167. The Balaban J connectivity index is 1.50. The average Bonchev–Trinajstić information content (AvgIpc) is 2.96. The Hall–Kier alpha value is -4.50. The van der Waals surface area contributed by atoms with Gasteiger partial charge in [0.1, 0.15) is 11.6 Å². The lowest BCUT2D eigenvalue weighted by atomic mass is 9.67. The summed E-state index contributed by atoms with van der Waals surface area (Å²) in [6.45, 7) is 9.33. The predicted octanol–water partition coefficient (Wildman–Crippen LogP) is 9.20. The molecule has 0 unspecified atom stereocenters. The lowest BCUT2D eigenvalue weighted by Crippen LogP contribution is -2.39. The first-order valence-electron chi connectivity index (χ1n) is 13.7. The fourth-order valence-electron chi connectivity index (χ4n) is 6.80. The van der Waals surface area contributed by atoms with E-state index in [0.717, 1.165) is 28.4 Å². The molecule has 0 saturated carbocycles. The highest BCUT2D eigenvalue weighted by atomic mass is 15.3. The third kappa shape index (κ3) is 2.93. The summed E-state index contributed by atoms with van der Waals surface area (Å²) in [6.07, 6.45) is 0. The van der Waals surface area contributed by atoms with Gasteiger partial charge in [0.25, 0.3) is 0 Å². The van der Waals surface area contributed by atoms with Crippen molar-refractivity contribution in [2.24, 2.45) is 0 Å². The summed E-state index contributed by atoms with van der Waals surface area (Å²) >= 11 is 0. The number of para-hydroxylation sites is 1. The molecule has 0 fully saturated rings. The average molecular weight is 504 g/mol. The van der Waals surface area contributed by atoms with E-state index in [9.17, 15) is 0 Å². The van der Waals surface area contributed by atoms with Crippen molar-refractivity contribution >= 4 is 39.0 Å². The molecule has 3 heteroatoms. The second-order valence-electron chi connectivity index (χ2n) is 11.9. The first-order valence-corrected chi connectivity index (χ1v) is 13.7. The third-order valence-corrected chi connectivity index (χ3v) is 9.01. The molecule has 0 amide bonds. The second kappa shape index (κ2) is 7.54. The van der Waals surface area contributed by atoms with Gasteiger partial charge in [0.2, 0.25) is 0 Å². The quantitative estimate of drug-likeness (QED) is 0.209. The zero-order valence-corrected chi connectivity index (χ0v) is 22.7. The molecule has 3 nitrogen and oxygen atoms in total. The van der Waals surface area contributed by atoms with Gasteiger partial charge in [-0.2, -0.15) is 0 Å². The number of benzene rings is 4. The number of hydrogen-bond acceptors (Lipinski definition) is 3. The molecule has 4 aromatic carbocycles. The van der Waals surface area contributed by atoms with Gasteiger partial charge in [0.05, 0.1) is 16.9 Å². The molecule has 0 saturated heterocycles. The Morgan fingerprint density at radius 3 is 2.00 bits per heavy atom. The minimum absolute atomic E-state index is 0.198. The number of pyridine rings is 2. The van der Waals surface area contributed by atoms with Gasteiger partial charge in [0.15, 0.2) is 0 Å². The summed E-state index contributed by atoms with van der Waals surface area (Å²) < 4.78 is 0. The van der Waals surface area contributed by atoms with Gasteiger partial charge in [0, 0.05) is 38.3 Å². The van der Waals surface area contributed by atoms with Crippen LogP contribution in [0.3, 0.4) is 0 Å². The fourth-order valence-corrected chi connectivity index (χ4v) is 6.80. The van der Waals surface area contributed by atoms with E-state index in [1.807, 2.05) is 0 Å². The van der Waals surface area contributed by atoms with Gasteiger partial charge in [-0.1, -0.05) is 119 Å². The molecule has 4 heterocycles. The van der Waals surface area contributed by atoms with Crippen molar-refractivity contribution in [2.75, 3.05) is 4.90 Å². The van der Waals surface area contributed by atoms with E-state index in [4.69, 9.17) is 9.97 Å². The summed E-state index contributed by atoms with van der Waals surface area (Å²) in [5.74, 6) is 1.96. The molecule has 0 N–H and O–H groups in total. The maximum Gasteiger partial charge on any atom is 0.143 e. The first kappa shape index (κ1) is 22.5. The van der Waals surface area contributed by atoms with Crippen LogP contribution in [0.4, 0.5) is 17.3 Å². The lowest BCUT2D eigenvalue weighted by molar-refractivity contribution is 0.592. The molecule has 0 radical (unpaired) electrons. The van der Waals surface area contributed by atoms with Gasteiger partial charge >= 0.3 is 0 Å². The highest BCUT2D eigenvalue weighted by molar-refractivity contribution is 6.07. The maximum atomic E-state index is 5.50. The summed E-state index contributed by atoms with van der Waals surface area (Å²) in [6, 6.07) is 37.0. The van der Waals surface area contributed by atoms with Crippen LogP contribution in [0.25, 0.3) is 32.9 Å². The number of nitrogens with zero attached hydrogens (tertiary/aromatic N) is 3. The molecule has 6 aromatic rings. The summed E-state index contributed by atoms with van der Waals surface area (Å²) in [5.41, 5.74) is 9.04. The van der Waals surface area contributed by atoms with Crippen molar-refractivity contribution in [3.8, 4) is 11.3 Å². The number of hydrogen-bond donors (Lipinski definition) is 0. The Morgan fingerprint density at radius 1 is 0.538 bits per heavy atom. The van der Waals surface area contributed by atoms with E-state index in [-0.39, 0.29) is 10.8 Å². The van der Waals surface area contributed by atoms with Crippen molar-refractivity contribution in [3.63, 3.8) is 0 Å². The molecule has 0 aliphatic carbocycles. The van der Waals surface area contributed by atoms with E-state index in [2.05, 4.69) is 136 Å². The third-order valence-electron chi connectivity index (χ3n) is 9.01. The number of fused-ring (bicyclic) bond motifs is 7. The van der Waals surface area contributed by atoms with Gasteiger partial charge in [-0.3, -0.25) is 4.90 Å². The molecule has 0 spiro atoms. The van der Waals surface area contributed by atoms with Gasteiger partial charge in [-0.15, -0.1) is 0 Å². The molecule has 39 heavy (non-hydrogen) atoms. The molecule has 0 bridgehead atoms. The van der Waals surface area contributed by atoms with Crippen LogP contribution < -0.4 is 4.90 Å². The molecule has 2 aliphatic heterocycles. The minimum Gasteiger partial charge on any atom is -0.278 e. The topological polar surface area (TPSA) is 29.0 Å². The van der Waals surface area contributed by atoms with Crippen molar-refractivity contribution in [1.29, 1.82) is 0 Å². The molecule has 2 aliphatic rings. The Kier molecular flexibility index (Phi) is 4.35. The smallest absolute Gasteiger partial charge is 0.143 e. The lowest BCUT2D eigenvalue weighted by Gasteiger charge is -2.48. The number of rotatable bonds is 1. The molecule has 8 rings (SSSR count). The van der Waals surface area contributed by atoms with Crippen LogP contribution in [0, 0.1) is 0 Å². The highest BCUT2D eigenvalue weighted by Crippen LogP contribution is 2.59. The number of aromatic nitrogens is 2. The zero-order chi connectivity index (χ0) is 26.5. The van der Waals surface area contributed by atoms with Crippen molar-refractivity contribution in [3.05, 3.63) is 125 Å². The van der Waals surface area contributed by atoms with Crippen LogP contribution in [-0.2, 0) is 10.8 Å². The van der Waals surface area contributed by atoms with Crippen LogP contribution in [0.1, 0.15) is 49.9 Å². The zero-order valence-electron chi connectivity index (χ0n) is 22.7. The Labute approximate surface area is 228 Å². The van der Waals surface area contributed by atoms with E-state index < -0.39 is 0 Å². The minimum atomic E-state index is -0.214. The van der Waals surface area contributed by atoms with Crippen molar-refractivity contribution < 1.29 is 0 Å². The highest BCUT2D eigenvalue weighted by Gasteiger charge is 2.46. The van der Waals surface area contributed by atoms with Crippen LogP contribution in [0.15, 0.2) is 103 Å². The van der Waals surface area contributed by atoms with E-state index in [0.29, 0.717) is 0 Å². The Bertz CT molecular complexity index is 1970. The SMILES string of the molecule is CC1(C)c2ccc(-c3ccccc3)nc2N2c3nc4c(ccc5ccccc54)cc3C(C)(C)c3cccc1c32. The van der Waals surface area contributed by atoms with Crippen LogP contribution in [-0.4, -0.2) is 9.97 Å². The Morgan fingerprint density at radius 2 is 1.21 bits per heavy atom. The molecular formula is C36H29N3. The number of anilines is 3. The van der Waals surface area contributed by atoms with Gasteiger partial charge in [-0.05, 0) is 28.6 Å². The van der Waals surface area contributed by atoms with Gasteiger partial charge < -0.3 is 0 Å². The maximum absolute atomic E-state index is 5.50. The normalized spacial score (nSPS) is 16.1. The predicted molar refractivity (Wildman–Crippen MR) is 161 cm³/mol. The van der Waals surface area contributed by atoms with Crippen molar-refractivity contribution in [1.82, 2.24) is 9.97 Å². The van der Waals surface area contributed by atoms with Crippen LogP contribution >= 0.6 is 0 Å². The molecule has 0 atom stereocenters. The summed E-state index contributed by atoms with van der Waals surface area (Å²) in [7, 11) is 0. The van der Waals surface area contributed by atoms with E-state index in [1.54, 1.807) is 0 Å². The van der Waals surface area contributed by atoms with Crippen LogP contribution in [0.2, 0.25) is 0 Å². The molecular weight excluding hydrogens is 474 g/mol. The van der Waals surface area contributed by atoms with E-state index >= 15 is 0 Å². The monoisotopic (exact) mass is 503 g/mol. The first-order chi connectivity index (χ1) is 18.9. The largest absolute Gasteiger partial charge is 0.278 e. The molecule has 188 valence electrons. The standard InChI is InChI=1S/C36H29N3/c1-35(2)26-15-10-16-27-32(26)39(33-28(35)19-20-30(37-33)23-12-6-5-7-13-23)34-29(36(27,3)4)21-24-18-17-22-11-8-9-14-25(22)31(24)38-34/h5-21H,1-4H3. The summed E-state index contributed by atoms with van der Waals surface area (Å²) in [4.78, 5) is 13.2. The van der Waals surface area contributed by atoms with Crippen molar-refractivity contribution in [2.45, 2.75) is 38.5 Å². The summed E-state index contributed by atoms with van der Waals surface area (Å²) in [5, 5.41) is 3.56.